The predicted octanol–water partition coefficient (Wildman–Crippen LogP) is 11.6. The zero-order valence-corrected chi connectivity index (χ0v) is 40.7. The standard InChI is InChI=1S/C50H94O12S/c1-3-5-7-9-11-13-15-17-19-21-22-23-24-26-28-30-32-34-36-38-40-58-42-44(43-59-50-48(54)49(62-63(55,56)57)47(53)45(41-51)61-50)60-46(52)39-37-35-33-31-29-27-25-20-18-16-14-12-10-8-6-4-2/h11,13,17,19,44-45,47-51,53-54H,3-10,12,14-16,18,20-43H2,1-2H3,(H,55,56,57)/b13-11-,19-17-. The first-order valence-electron chi connectivity index (χ1n) is 25.6. The molecule has 1 aliphatic heterocycles. The lowest BCUT2D eigenvalue weighted by Gasteiger charge is -2.41. The van der Waals surface area contributed by atoms with Gasteiger partial charge >= 0.3 is 16.4 Å². The quantitative estimate of drug-likeness (QED) is 0.0197. The smallest absolute Gasteiger partial charge is 0.397 e. The molecule has 12 nitrogen and oxygen atoms in total. The van der Waals surface area contributed by atoms with Crippen molar-refractivity contribution in [3.05, 3.63) is 24.3 Å². The molecular weight excluding hydrogens is 825 g/mol. The van der Waals surface area contributed by atoms with Gasteiger partial charge in [-0.05, 0) is 44.9 Å². The van der Waals surface area contributed by atoms with Crippen LogP contribution in [0.3, 0.4) is 0 Å². The van der Waals surface area contributed by atoms with Crippen molar-refractivity contribution in [1.29, 1.82) is 0 Å². The van der Waals surface area contributed by atoms with Crippen LogP contribution in [0.2, 0.25) is 0 Å². The summed E-state index contributed by atoms with van der Waals surface area (Å²) in [5, 5.41) is 30.7. The number of aliphatic hydroxyl groups is 3. The van der Waals surface area contributed by atoms with Crippen molar-refractivity contribution in [3.63, 3.8) is 0 Å². The molecule has 1 saturated heterocycles. The summed E-state index contributed by atoms with van der Waals surface area (Å²) < 4.78 is 59.2. The van der Waals surface area contributed by atoms with Crippen molar-refractivity contribution in [2.75, 3.05) is 26.4 Å². The first-order chi connectivity index (χ1) is 30.6. The highest BCUT2D eigenvalue weighted by atomic mass is 32.3. The van der Waals surface area contributed by atoms with Crippen molar-refractivity contribution in [3.8, 4) is 0 Å². The van der Waals surface area contributed by atoms with Gasteiger partial charge in [0, 0.05) is 13.0 Å². The van der Waals surface area contributed by atoms with E-state index in [0.29, 0.717) is 13.0 Å². The molecular formula is C50H94O12S. The Hall–Kier alpha value is -1.42. The molecule has 4 N–H and O–H groups in total. The van der Waals surface area contributed by atoms with Gasteiger partial charge in [0.15, 0.2) is 6.29 Å². The van der Waals surface area contributed by atoms with Gasteiger partial charge in [0.1, 0.15) is 30.5 Å². The number of allylic oxidation sites excluding steroid dienone is 4. The van der Waals surface area contributed by atoms with E-state index in [0.717, 1.165) is 44.9 Å². The topological polar surface area (TPSA) is 178 Å². The van der Waals surface area contributed by atoms with Gasteiger partial charge in [-0.25, -0.2) is 4.18 Å². The van der Waals surface area contributed by atoms with E-state index in [1.165, 1.54) is 154 Å². The minimum absolute atomic E-state index is 0.0382. The first kappa shape index (κ1) is 59.6. The molecule has 0 saturated carbocycles. The van der Waals surface area contributed by atoms with E-state index >= 15 is 0 Å². The summed E-state index contributed by atoms with van der Waals surface area (Å²) in [4.78, 5) is 12.9. The molecule has 1 heterocycles. The maximum atomic E-state index is 12.9. The van der Waals surface area contributed by atoms with Crippen molar-refractivity contribution >= 4 is 16.4 Å². The Bertz CT molecular complexity index is 1200. The largest absolute Gasteiger partial charge is 0.457 e. The lowest BCUT2D eigenvalue weighted by molar-refractivity contribution is -0.301. The van der Waals surface area contributed by atoms with Crippen molar-refractivity contribution in [2.24, 2.45) is 0 Å². The second-order valence-electron chi connectivity index (χ2n) is 17.8. The number of rotatable bonds is 45. The molecule has 0 radical (unpaired) electrons. The lowest BCUT2D eigenvalue weighted by Crippen LogP contribution is -2.60. The van der Waals surface area contributed by atoms with Crippen LogP contribution in [0.4, 0.5) is 0 Å². The fourth-order valence-corrected chi connectivity index (χ4v) is 8.45. The molecule has 1 aliphatic rings. The molecule has 0 aliphatic carbocycles. The Morgan fingerprint density at radius 2 is 1.05 bits per heavy atom. The SMILES string of the molecule is CCCCC/C=C\C/C=C\CCCCCCCCCCCCOCC(COC1OC(CO)C(O)C(OS(=O)(=O)O)C1O)OC(=O)CCCCCCCCCCCCCCCCCC. The average Bonchev–Trinajstić information content (AvgIpc) is 3.26. The predicted molar refractivity (Wildman–Crippen MR) is 253 cm³/mol. The Balaban J connectivity index is 2.35. The number of hydrogen-bond acceptors (Lipinski definition) is 11. The number of unbranched alkanes of at least 4 members (excludes halogenated alkanes) is 28. The zero-order chi connectivity index (χ0) is 46.1. The Morgan fingerprint density at radius 1 is 0.603 bits per heavy atom. The normalized spacial score (nSPS) is 20.0. The fraction of sp³-hybridized carbons (Fsp3) is 0.900. The van der Waals surface area contributed by atoms with Crippen LogP contribution >= 0.6 is 0 Å². The Labute approximate surface area is 384 Å². The molecule has 6 atom stereocenters. The summed E-state index contributed by atoms with van der Waals surface area (Å²) in [6.45, 7) is 4.00. The summed E-state index contributed by atoms with van der Waals surface area (Å²) in [6, 6.07) is 0. The molecule has 0 aromatic carbocycles. The Kier molecular flexibility index (Phi) is 39.7. The molecule has 0 spiro atoms. The van der Waals surface area contributed by atoms with E-state index in [4.69, 9.17) is 18.9 Å². The molecule has 372 valence electrons. The molecule has 63 heavy (non-hydrogen) atoms. The van der Waals surface area contributed by atoms with Gasteiger partial charge in [-0.3, -0.25) is 9.35 Å². The maximum absolute atomic E-state index is 12.9. The molecule has 13 heteroatoms. The molecule has 0 aromatic heterocycles. The van der Waals surface area contributed by atoms with E-state index in [1.54, 1.807) is 0 Å². The highest BCUT2D eigenvalue weighted by Crippen LogP contribution is 2.26. The van der Waals surface area contributed by atoms with Crippen LogP contribution in [0.15, 0.2) is 24.3 Å². The van der Waals surface area contributed by atoms with Crippen LogP contribution in [0.1, 0.15) is 226 Å². The summed E-state index contributed by atoms with van der Waals surface area (Å²) in [5.74, 6) is -0.396. The van der Waals surface area contributed by atoms with E-state index in [1.807, 2.05) is 0 Å². The third kappa shape index (κ3) is 35.4. The third-order valence-corrected chi connectivity index (χ3v) is 12.3. The molecule has 0 amide bonds. The zero-order valence-electron chi connectivity index (χ0n) is 39.9. The van der Waals surface area contributed by atoms with Crippen molar-refractivity contribution < 1.29 is 56.2 Å². The van der Waals surface area contributed by atoms with Crippen molar-refractivity contribution in [2.45, 2.75) is 263 Å². The average molecular weight is 919 g/mol. The number of carbonyl (C=O) groups is 1. The van der Waals surface area contributed by atoms with E-state index in [-0.39, 0.29) is 19.6 Å². The van der Waals surface area contributed by atoms with Gasteiger partial charge in [-0.15, -0.1) is 0 Å². The van der Waals surface area contributed by atoms with Gasteiger partial charge < -0.3 is 34.3 Å². The molecule has 6 unspecified atom stereocenters. The summed E-state index contributed by atoms with van der Waals surface area (Å²) >= 11 is 0. The second-order valence-corrected chi connectivity index (χ2v) is 18.8. The lowest BCUT2D eigenvalue weighted by atomic mass is 9.99. The first-order valence-corrected chi connectivity index (χ1v) is 27.0. The van der Waals surface area contributed by atoms with E-state index in [9.17, 15) is 33.1 Å². The third-order valence-electron chi connectivity index (χ3n) is 11.8. The Morgan fingerprint density at radius 3 is 1.54 bits per heavy atom. The minimum atomic E-state index is -5.06. The van der Waals surface area contributed by atoms with Gasteiger partial charge in [0.25, 0.3) is 0 Å². The van der Waals surface area contributed by atoms with Gasteiger partial charge in [0.2, 0.25) is 0 Å². The van der Waals surface area contributed by atoms with Crippen LogP contribution < -0.4 is 0 Å². The number of aliphatic hydroxyl groups excluding tert-OH is 3. The van der Waals surface area contributed by atoms with Gasteiger partial charge in [0.05, 0.1) is 19.8 Å². The summed E-state index contributed by atoms with van der Waals surface area (Å²) in [7, 11) is -5.06. The summed E-state index contributed by atoms with van der Waals surface area (Å²) in [6.07, 6.45) is 39.2. The van der Waals surface area contributed by atoms with Crippen LogP contribution in [-0.2, 0) is 38.3 Å². The van der Waals surface area contributed by atoms with Crippen LogP contribution in [0.5, 0.6) is 0 Å². The van der Waals surface area contributed by atoms with Crippen LogP contribution in [0.25, 0.3) is 0 Å². The molecule has 0 bridgehead atoms. The second kappa shape index (κ2) is 42.0. The molecule has 1 rings (SSSR count). The summed E-state index contributed by atoms with van der Waals surface area (Å²) in [5.41, 5.74) is 0. The minimum Gasteiger partial charge on any atom is -0.457 e. The van der Waals surface area contributed by atoms with Crippen LogP contribution in [0, 0.1) is 0 Å². The van der Waals surface area contributed by atoms with Gasteiger partial charge in [-0.2, -0.15) is 8.42 Å². The van der Waals surface area contributed by atoms with E-state index in [2.05, 4.69) is 42.3 Å². The maximum Gasteiger partial charge on any atom is 0.397 e. The fourth-order valence-electron chi connectivity index (χ4n) is 7.94. The molecule has 0 aromatic rings. The van der Waals surface area contributed by atoms with Crippen molar-refractivity contribution in [1.82, 2.24) is 0 Å². The number of ether oxygens (including phenoxy) is 4. The van der Waals surface area contributed by atoms with E-state index < -0.39 is 59.8 Å². The molecule has 1 fully saturated rings. The highest BCUT2D eigenvalue weighted by molar-refractivity contribution is 7.80. The van der Waals surface area contributed by atoms with Gasteiger partial charge in [-0.1, -0.05) is 199 Å². The number of esters is 1. The number of hydrogen-bond donors (Lipinski definition) is 4. The monoisotopic (exact) mass is 919 g/mol. The number of carbonyl (C=O) groups excluding carboxylic acids is 1. The highest BCUT2D eigenvalue weighted by Gasteiger charge is 2.48. The van der Waals surface area contributed by atoms with Crippen LogP contribution in [-0.4, -0.2) is 97.5 Å².